The molecule has 0 radical (unpaired) electrons. The van der Waals surface area contributed by atoms with Gasteiger partial charge in [0.05, 0.1) is 0 Å². The fraction of sp³-hybridized carbons (Fsp3) is 0.909. The number of amides is 1. The largest absolute Gasteiger partial charge is 0.382 e. The van der Waals surface area contributed by atoms with Gasteiger partial charge < -0.3 is 15.4 Å². The van der Waals surface area contributed by atoms with Crippen LogP contribution in [0.15, 0.2) is 0 Å². The molecule has 4 nitrogen and oxygen atoms in total. The van der Waals surface area contributed by atoms with Gasteiger partial charge in [-0.3, -0.25) is 4.79 Å². The molecule has 0 saturated heterocycles. The Balaban J connectivity index is 3.32. The van der Waals surface area contributed by atoms with Crippen molar-refractivity contribution in [3.8, 4) is 0 Å². The number of hydrogen-bond acceptors (Lipinski definition) is 3. The van der Waals surface area contributed by atoms with E-state index >= 15 is 0 Å². The molecule has 0 unspecified atom stereocenters. The Bertz CT molecular complexity index is 163. The fourth-order valence-corrected chi connectivity index (χ4v) is 1.26. The standard InChI is InChI=1S/C11H24N2O2/c1-4-12-10(3)9-13-11(14)7-6-8-15-5-2/h10,12H,4-9H2,1-3H3,(H,13,14)/t10-/m1/s1. The predicted molar refractivity (Wildman–Crippen MR) is 61.9 cm³/mol. The normalized spacial score (nSPS) is 12.5. The zero-order valence-electron chi connectivity index (χ0n) is 10.1. The first-order valence-electron chi connectivity index (χ1n) is 5.78. The first-order chi connectivity index (χ1) is 7.20. The lowest BCUT2D eigenvalue weighted by Gasteiger charge is -2.13. The lowest BCUT2D eigenvalue weighted by molar-refractivity contribution is -0.121. The van der Waals surface area contributed by atoms with E-state index in [4.69, 9.17) is 4.74 Å². The van der Waals surface area contributed by atoms with E-state index in [0.717, 1.165) is 19.6 Å². The number of carbonyl (C=O) groups excluding carboxylic acids is 1. The molecule has 0 bridgehead atoms. The van der Waals surface area contributed by atoms with Gasteiger partial charge in [-0.25, -0.2) is 0 Å². The third-order valence-electron chi connectivity index (χ3n) is 2.05. The minimum atomic E-state index is 0.111. The van der Waals surface area contributed by atoms with Crippen LogP contribution in [0.1, 0.15) is 33.6 Å². The molecule has 0 aromatic rings. The topological polar surface area (TPSA) is 50.4 Å². The third kappa shape index (κ3) is 9.69. The summed E-state index contributed by atoms with van der Waals surface area (Å²) in [6.45, 7) is 9.09. The molecule has 15 heavy (non-hydrogen) atoms. The van der Waals surface area contributed by atoms with Crippen LogP contribution in [0.2, 0.25) is 0 Å². The number of ether oxygens (including phenoxy) is 1. The van der Waals surface area contributed by atoms with Crippen LogP contribution in [0.3, 0.4) is 0 Å². The summed E-state index contributed by atoms with van der Waals surface area (Å²) in [5.41, 5.74) is 0. The Morgan fingerprint density at radius 2 is 2.13 bits per heavy atom. The summed E-state index contributed by atoms with van der Waals surface area (Å²) in [4.78, 5) is 11.3. The van der Waals surface area contributed by atoms with Crippen molar-refractivity contribution < 1.29 is 9.53 Å². The van der Waals surface area contributed by atoms with Crippen LogP contribution in [0.5, 0.6) is 0 Å². The molecule has 0 aliphatic rings. The molecule has 0 aliphatic carbocycles. The minimum Gasteiger partial charge on any atom is -0.382 e. The van der Waals surface area contributed by atoms with Gasteiger partial charge in [-0.2, -0.15) is 0 Å². The molecule has 0 saturated carbocycles. The van der Waals surface area contributed by atoms with Gasteiger partial charge in [0.1, 0.15) is 0 Å². The van der Waals surface area contributed by atoms with Crippen LogP contribution in [0, 0.1) is 0 Å². The second-order valence-corrected chi connectivity index (χ2v) is 3.56. The maximum Gasteiger partial charge on any atom is 0.220 e. The van der Waals surface area contributed by atoms with E-state index in [-0.39, 0.29) is 5.91 Å². The first kappa shape index (κ1) is 14.4. The Morgan fingerprint density at radius 1 is 1.40 bits per heavy atom. The van der Waals surface area contributed by atoms with Crippen molar-refractivity contribution in [2.45, 2.75) is 39.7 Å². The van der Waals surface area contributed by atoms with E-state index in [1.165, 1.54) is 0 Å². The van der Waals surface area contributed by atoms with Gasteiger partial charge in [-0.15, -0.1) is 0 Å². The highest BCUT2D eigenvalue weighted by molar-refractivity contribution is 5.75. The molecule has 2 N–H and O–H groups in total. The van der Waals surface area contributed by atoms with Crippen molar-refractivity contribution in [2.24, 2.45) is 0 Å². The summed E-state index contributed by atoms with van der Waals surface area (Å²) in [7, 11) is 0. The Morgan fingerprint density at radius 3 is 2.73 bits per heavy atom. The van der Waals surface area contributed by atoms with Gasteiger partial charge in [-0.05, 0) is 26.8 Å². The smallest absolute Gasteiger partial charge is 0.220 e. The maximum absolute atomic E-state index is 11.3. The number of hydrogen-bond donors (Lipinski definition) is 2. The molecule has 0 aromatic carbocycles. The zero-order valence-corrected chi connectivity index (χ0v) is 10.1. The summed E-state index contributed by atoms with van der Waals surface area (Å²) < 4.78 is 5.16. The molecule has 0 heterocycles. The average Bonchev–Trinajstić information content (AvgIpc) is 2.22. The molecular weight excluding hydrogens is 192 g/mol. The van der Waals surface area contributed by atoms with E-state index in [1.54, 1.807) is 0 Å². The van der Waals surface area contributed by atoms with Crippen molar-refractivity contribution in [3.63, 3.8) is 0 Å². The second-order valence-electron chi connectivity index (χ2n) is 3.56. The highest BCUT2D eigenvalue weighted by Gasteiger charge is 2.03. The van der Waals surface area contributed by atoms with Crippen LogP contribution in [-0.2, 0) is 9.53 Å². The second kappa shape index (κ2) is 9.93. The van der Waals surface area contributed by atoms with Gasteiger partial charge in [0.15, 0.2) is 0 Å². The average molecular weight is 216 g/mol. The molecule has 0 rings (SSSR count). The molecule has 0 spiro atoms. The lowest BCUT2D eigenvalue weighted by Crippen LogP contribution is -2.38. The molecule has 0 aliphatic heterocycles. The number of likely N-dealkylation sites (N-methyl/N-ethyl adjacent to an activating group) is 1. The number of carbonyl (C=O) groups is 1. The van der Waals surface area contributed by atoms with E-state index in [1.807, 2.05) is 6.92 Å². The Hall–Kier alpha value is -0.610. The molecule has 0 fully saturated rings. The summed E-state index contributed by atoms with van der Waals surface area (Å²) in [6.07, 6.45) is 1.36. The zero-order chi connectivity index (χ0) is 11.5. The fourth-order valence-electron chi connectivity index (χ4n) is 1.26. The molecular formula is C11H24N2O2. The third-order valence-corrected chi connectivity index (χ3v) is 2.05. The van der Waals surface area contributed by atoms with Crippen LogP contribution >= 0.6 is 0 Å². The minimum absolute atomic E-state index is 0.111. The van der Waals surface area contributed by atoms with Gasteiger partial charge in [0.25, 0.3) is 0 Å². The van der Waals surface area contributed by atoms with Gasteiger partial charge >= 0.3 is 0 Å². The number of nitrogens with one attached hydrogen (secondary N) is 2. The van der Waals surface area contributed by atoms with E-state index in [0.29, 0.717) is 25.6 Å². The quantitative estimate of drug-likeness (QED) is 0.563. The summed E-state index contributed by atoms with van der Waals surface area (Å²) in [5, 5.41) is 6.12. The molecule has 1 atom stereocenters. The van der Waals surface area contributed by atoms with Crippen molar-refractivity contribution in [3.05, 3.63) is 0 Å². The summed E-state index contributed by atoms with van der Waals surface area (Å²) >= 11 is 0. The van der Waals surface area contributed by atoms with Crippen molar-refractivity contribution in [2.75, 3.05) is 26.3 Å². The van der Waals surface area contributed by atoms with Crippen molar-refractivity contribution >= 4 is 5.91 Å². The van der Waals surface area contributed by atoms with Crippen molar-refractivity contribution in [1.29, 1.82) is 0 Å². The maximum atomic E-state index is 11.3. The van der Waals surface area contributed by atoms with Gasteiger partial charge in [-0.1, -0.05) is 6.92 Å². The van der Waals surface area contributed by atoms with Gasteiger partial charge in [0.2, 0.25) is 5.91 Å². The monoisotopic (exact) mass is 216 g/mol. The van der Waals surface area contributed by atoms with Crippen LogP contribution in [0.25, 0.3) is 0 Å². The van der Waals surface area contributed by atoms with E-state index in [9.17, 15) is 4.79 Å². The first-order valence-corrected chi connectivity index (χ1v) is 5.78. The summed E-state index contributed by atoms with van der Waals surface area (Å²) in [6, 6.07) is 0.339. The van der Waals surface area contributed by atoms with Crippen LogP contribution < -0.4 is 10.6 Å². The van der Waals surface area contributed by atoms with Gasteiger partial charge in [0, 0.05) is 32.2 Å². The van der Waals surface area contributed by atoms with E-state index in [2.05, 4.69) is 24.5 Å². The number of rotatable bonds is 9. The van der Waals surface area contributed by atoms with Crippen LogP contribution in [0.4, 0.5) is 0 Å². The molecule has 0 aromatic heterocycles. The van der Waals surface area contributed by atoms with Crippen LogP contribution in [-0.4, -0.2) is 38.3 Å². The highest BCUT2D eigenvalue weighted by atomic mass is 16.5. The lowest BCUT2D eigenvalue weighted by atomic mass is 10.3. The van der Waals surface area contributed by atoms with Crippen molar-refractivity contribution in [1.82, 2.24) is 10.6 Å². The summed E-state index contributed by atoms with van der Waals surface area (Å²) in [5.74, 6) is 0.111. The van der Waals surface area contributed by atoms with E-state index < -0.39 is 0 Å². The highest BCUT2D eigenvalue weighted by Crippen LogP contribution is 1.90. The molecule has 90 valence electrons. The molecule has 1 amide bonds. The SMILES string of the molecule is CCN[C@H](C)CNC(=O)CCCOCC. The Kier molecular flexibility index (Phi) is 9.52. The molecule has 4 heteroatoms. The Labute approximate surface area is 92.8 Å². The predicted octanol–water partition coefficient (Wildman–Crippen LogP) is 0.917.